The fraction of sp³-hybridized carbons (Fsp3) is 0.750. The molecule has 24 heavy (non-hydrogen) atoms. The van der Waals surface area contributed by atoms with Gasteiger partial charge in [-0.05, 0) is 65.1 Å². The first kappa shape index (κ1) is 17.5. The molecule has 1 saturated heterocycles. The van der Waals surface area contributed by atoms with Crippen molar-refractivity contribution in [2.75, 3.05) is 26.7 Å². The van der Waals surface area contributed by atoms with E-state index in [0.717, 1.165) is 31.6 Å². The minimum Gasteiger partial charge on any atom is -0.345 e. The monoisotopic (exact) mass is 331 g/mol. The van der Waals surface area contributed by atoms with Crippen LogP contribution < -0.4 is 5.32 Å². The van der Waals surface area contributed by atoms with Gasteiger partial charge in [0.25, 0.3) is 5.91 Å². The van der Waals surface area contributed by atoms with Crippen LogP contribution in [0.1, 0.15) is 72.7 Å². The molecule has 134 valence electrons. The summed E-state index contributed by atoms with van der Waals surface area (Å²) in [7, 11) is 2.00. The van der Waals surface area contributed by atoms with Crippen molar-refractivity contribution < 1.29 is 4.79 Å². The summed E-state index contributed by atoms with van der Waals surface area (Å²) in [5.74, 6) is 0.834. The molecule has 2 fully saturated rings. The Kier molecular flexibility index (Phi) is 5.65. The minimum absolute atomic E-state index is 0.242. The largest absolute Gasteiger partial charge is 0.345 e. The molecule has 0 spiro atoms. The number of amides is 1. The standard InChI is InChI=1S/C20H33N3O/c1-15-12-19(16(2)23(15)18-9-5-4-6-10-18)20(24)22-11-7-8-17(14-22)13-21-3/h12,17-18,21H,4-11,13-14H2,1-3H3/t17-/m1/s1. The summed E-state index contributed by atoms with van der Waals surface area (Å²) in [6.45, 7) is 7.12. The van der Waals surface area contributed by atoms with Gasteiger partial charge in [-0.1, -0.05) is 19.3 Å². The summed E-state index contributed by atoms with van der Waals surface area (Å²) in [6.07, 6.45) is 8.88. The van der Waals surface area contributed by atoms with Crippen LogP contribution in [0.15, 0.2) is 6.07 Å². The molecule has 1 amide bonds. The second-order valence-electron chi connectivity index (χ2n) is 7.76. The Balaban J connectivity index is 1.77. The molecule has 1 N–H and O–H groups in total. The number of rotatable bonds is 4. The molecule has 0 unspecified atom stereocenters. The number of carbonyl (C=O) groups is 1. The molecular weight excluding hydrogens is 298 g/mol. The van der Waals surface area contributed by atoms with Crippen molar-refractivity contribution in [1.82, 2.24) is 14.8 Å². The van der Waals surface area contributed by atoms with Crippen molar-refractivity contribution in [2.45, 2.75) is 64.8 Å². The zero-order chi connectivity index (χ0) is 17.1. The van der Waals surface area contributed by atoms with Gasteiger partial charge in [0, 0.05) is 30.5 Å². The molecule has 1 aromatic rings. The normalized spacial score (nSPS) is 22.8. The predicted octanol–water partition coefficient (Wildman–Crippen LogP) is 3.68. The van der Waals surface area contributed by atoms with Gasteiger partial charge in [-0.25, -0.2) is 0 Å². The first-order chi connectivity index (χ1) is 11.6. The number of likely N-dealkylation sites (tertiary alicyclic amines) is 1. The summed E-state index contributed by atoms with van der Waals surface area (Å²) in [5.41, 5.74) is 3.37. The van der Waals surface area contributed by atoms with Crippen molar-refractivity contribution in [1.29, 1.82) is 0 Å². The van der Waals surface area contributed by atoms with Crippen LogP contribution in [0.5, 0.6) is 0 Å². The van der Waals surface area contributed by atoms with Crippen LogP contribution in [-0.2, 0) is 0 Å². The maximum absolute atomic E-state index is 13.1. The van der Waals surface area contributed by atoms with Crippen molar-refractivity contribution in [3.63, 3.8) is 0 Å². The van der Waals surface area contributed by atoms with Crippen molar-refractivity contribution in [3.05, 3.63) is 23.0 Å². The molecular formula is C20H33N3O. The van der Waals surface area contributed by atoms with Crippen LogP contribution in [0, 0.1) is 19.8 Å². The maximum Gasteiger partial charge on any atom is 0.255 e. The smallest absolute Gasteiger partial charge is 0.255 e. The van der Waals surface area contributed by atoms with Crippen LogP contribution in [0.4, 0.5) is 0 Å². The van der Waals surface area contributed by atoms with Gasteiger partial charge in [0.1, 0.15) is 0 Å². The second kappa shape index (κ2) is 7.73. The van der Waals surface area contributed by atoms with Crippen molar-refractivity contribution in [3.8, 4) is 0 Å². The molecule has 1 aromatic heterocycles. The summed E-state index contributed by atoms with van der Waals surface area (Å²) >= 11 is 0. The fourth-order valence-electron chi connectivity index (χ4n) is 4.77. The molecule has 3 rings (SSSR count). The average Bonchev–Trinajstić information content (AvgIpc) is 2.90. The molecule has 1 saturated carbocycles. The second-order valence-corrected chi connectivity index (χ2v) is 7.76. The lowest BCUT2D eigenvalue weighted by molar-refractivity contribution is 0.0673. The number of carbonyl (C=O) groups excluding carboxylic acids is 1. The van der Waals surface area contributed by atoms with Gasteiger partial charge in [-0.3, -0.25) is 4.79 Å². The summed E-state index contributed by atoms with van der Waals surface area (Å²) in [6, 6.07) is 2.73. The summed E-state index contributed by atoms with van der Waals surface area (Å²) in [4.78, 5) is 15.2. The summed E-state index contributed by atoms with van der Waals surface area (Å²) in [5, 5.41) is 3.26. The van der Waals surface area contributed by atoms with Gasteiger partial charge in [0.15, 0.2) is 0 Å². The van der Waals surface area contributed by atoms with Gasteiger partial charge in [0.2, 0.25) is 0 Å². The Bertz CT molecular complexity index is 570. The number of hydrogen-bond donors (Lipinski definition) is 1. The van der Waals surface area contributed by atoms with Crippen LogP contribution in [0.3, 0.4) is 0 Å². The first-order valence-corrected chi connectivity index (χ1v) is 9.74. The third-order valence-corrected chi connectivity index (χ3v) is 5.95. The number of aryl methyl sites for hydroxylation is 1. The maximum atomic E-state index is 13.1. The SMILES string of the molecule is CNC[C@H]1CCCN(C(=O)c2cc(C)n(C3CCCCC3)c2C)C1. The van der Waals surface area contributed by atoms with E-state index >= 15 is 0 Å². The molecule has 4 heteroatoms. The molecule has 1 atom stereocenters. The van der Waals surface area contributed by atoms with E-state index in [0.29, 0.717) is 12.0 Å². The molecule has 0 aromatic carbocycles. The van der Waals surface area contributed by atoms with Crippen LogP contribution >= 0.6 is 0 Å². The number of piperidine rings is 1. The molecule has 4 nitrogen and oxygen atoms in total. The van der Waals surface area contributed by atoms with E-state index in [2.05, 4.69) is 34.7 Å². The molecule has 2 heterocycles. The molecule has 1 aliphatic carbocycles. The number of nitrogens with zero attached hydrogens (tertiary/aromatic N) is 2. The zero-order valence-electron chi connectivity index (χ0n) is 15.6. The third kappa shape index (κ3) is 3.53. The minimum atomic E-state index is 0.242. The fourth-order valence-corrected chi connectivity index (χ4v) is 4.77. The zero-order valence-corrected chi connectivity index (χ0v) is 15.6. The quantitative estimate of drug-likeness (QED) is 0.914. The third-order valence-electron chi connectivity index (χ3n) is 5.95. The Morgan fingerprint density at radius 3 is 2.62 bits per heavy atom. The lowest BCUT2D eigenvalue weighted by atomic mass is 9.95. The Hall–Kier alpha value is -1.29. The highest BCUT2D eigenvalue weighted by Gasteiger charge is 2.28. The topological polar surface area (TPSA) is 37.3 Å². The highest BCUT2D eigenvalue weighted by atomic mass is 16.2. The van der Waals surface area contributed by atoms with Gasteiger partial charge >= 0.3 is 0 Å². The lowest BCUT2D eigenvalue weighted by Gasteiger charge is -2.33. The predicted molar refractivity (Wildman–Crippen MR) is 98.6 cm³/mol. The van der Waals surface area contributed by atoms with E-state index < -0.39 is 0 Å². The average molecular weight is 332 g/mol. The van der Waals surface area contributed by atoms with Crippen LogP contribution in [0.2, 0.25) is 0 Å². The van der Waals surface area contributed by atoms with E-state index in [1.807, 2.05) is 7.05 Å². The number of aromatic nitrogens is 1. The van der Waals surface area contributed by atoms with Crippen LogP contribution in [0.25, 0.3) is 0 Å². The van der Waals surface area contributed by atoms with Gasteiger partial charge < -0.3 is 14.8 Å². The Morgan fingerprint density at radius 2 is 1.92 bits per heavy atom. The van der Waals surface area contributed by atoms with E-state index in [1.165, 1.54) is 49.9 Å². The number of nitrogens with one attached hydrogen (secondary N) is 1. The Morgan fingerprint density at radius 1 is 1.17 bits per heavy atom. The molecule has 0 bridgehead atoms. The van der Waals surface area contributed by atoms with E-state index in [-0.39, 0.29) is 5.91 Å². The van der Waals surface area contributed by atoms with Gasteiger partial charge in [0.05, 0.1) is 5.56 Å². The highest BCUT2D eigenvalue weighted by molar-refractivity contribution is 5.95. The van der Waals surface area contributed by atoms with Gasteiger partial charge in [-0.2, -0.15) is 0 Å². The molecule has 2 aliphatic rings. The van der Waals surface area contributed by atoms with Crippen LogP contribution in [-0.4, -0.2) is 42.1 Å². The molecule has 0 radical (unpaired) electrons. The number of hydrogen-bond acceptors (Lipinski definition) is 2. The van der Waals surface area contributed by atoms with E-state index in [1.54, 1.807) is 0 Å². The van der Waals surface area contributed by atoms with E-state index in [9.17, 15) is 4.79 Å². The lowest BCUT2D eigenvalue weighted by Crippen LogP contribution is -2.42. The van der Waals surface area contributed by atoms with Gasteiger partial charge in [-0.15, -0.1) is 0 Å². The summed E-state index contributed by atoms with van der Waals surface area (Å²) < 4.78 is 2.45. The highest BCUT2D eigenvalue weighted by Crippen LogP contribution is 2.32. The Labute approximate surface area is 146 Å². The van der Waals surface area contributed by atoms with Crippen molar-refractivity contribution in [2.24, 2.45) is 5.92 Å². The van der Waals surface area contributed by atoms with E-state index in [4.69, 9.17) is 0 Å². The first-order valence-electron chi connectivity index (χ1n) is 9.74. The molecule has 1 aliphatic heterocycles. The van der Waals surface area contributed by atoms with Crippen molar-refractivity contribution >= 4 is 5.91 Å².